The van der Waals surface area contributed by atoms with E-state index in [1.807, 2.05) is 6.92 Å². The van der Waals surface area contributed by atoms with Gasteiger partial charge in [0.15, 0.2) is 0 Å². The van der Waals surface area contributed by atoms with Crippen molar-refractivity contribution in [3.63, 3.8) is 0 Å². The molecule has 2 aliphatic rings. The lowest BCUT2D eigenvalue weighted by Gasteiger charge is -2.34. The third-order valence-corrected chi connectivity index (χ3v) is 6.40. The third kappa shape index (κ3) is 6.35. The Bertz CT molecular complexity index is 641. The van der Waals surface area contributed by atoms with Crippen molar-refractivity contribution in [3.05, 3.63) is 29.0 Å². The standard InChI is InChI=1S/C22H32ClFN2O2/c1-2-22(27)25-18-6-3-16(4-7-18)9-12-26-13-10-19(11-14-26)28-21-8-5-17(24)15-20(21)23/h5,8,15-16,18-19H,2-4,6-7,9-14H2,1H3,(H,25,27). The largest absolute Gasteiger partial charge is 0.489 e. The quantitative estimate of drug-likeness (QED) is 0.702. The molecule has 156 valence electrons. The summed E-state index contributed by atoms with van der Waals surface area (Å²) in [7, 11) is 0. The van der Waals surface area contributed by atoms with Gasteiger partial charge in [-0.3, -0.25) is 4.79 Å². The highest BCUT2D eigenvalue weighted by Gasteiger charge is 2.25. The van der Waals surface area contributed by atoms with Crippen molar-refractivity contribution < 1.29 is 13.9 Å². The van der Waals surface area contributed by atoms with E-state index in [0.717, 1.165) is 51.2 Å². The van der Waals surface area contributed by atoms with Crippen LogP contribution in [0.15, 0.2) is 18.2 Å². The summed E-state index contributed by atoms with van der Waals surface area (Å²) in [5.41, 5.74) is 0. The fraction of sp³-hybridized carbons (Fsp3) is 0.682. The number of carbonyl (C=O) groups excluding carboxylic acids is 1. The molecule has 4 nitrogen and oxygen atoms in total. The van der Waals surface area contributed by atoms with Gasteiger partial charge in [-0.25, -0.2) is 4.39 Å². The van der Waals surface area contributed by atoms with E-state index in [9.17, 15) is 9.18 Å². The molecule has 0 aromatic heterocycles. The van der Waals surface area contributed by atoms with Crippen molar-refractivity contribution in [2.24, 2.45) is 5.92 Å². The van der Waals surface area contributed by atoms with E-state index in [1.54, 1.807) is 6.07 Å². The molecule has 1 aliphatic carbocycles. The number of amides is 1. The number of hydrogen-bond acceptors (Lipinski definition) is 3. The predicted octanol–water partition coefficient (Wildman–Crippen LogP) is 4.80. The molecule has 3 rings (SSSR count). The minimum absolute atomic E-state index is 0.150. The second-order valence-corrected chi connectivity index (χ2v) is 8.57. The predicted molar refractivity (Wildman–Crippen MR) is 110 cm³/mol. The monoisotopic (exact) mass is 410 g/mol. The number of piperidine rings is 1. The summed E-state index contributed by atoms with van der Waals surface area (Å²) in [5.74, 6) is 1.19. The summed E-state index contributed by atoms with van der Waals surface area (Å²) in [6, 6.07) is 4.69. The average molecular weight is 411 g/mol. The van der Waals surface area contributed by atoms with Gasteiger partial charge in [0.05, 0.1) is 5.02 Å². The van der Waals surface area contributed by atoms with E-state index in [0.29, 0.717) is 23.2 Å². The molecule has 1 heterocycles. The molecule has 6 heteroatoms. The van der Waals surface area contributed by atoms with Crippen LogP contribution in [0.25, 0.3) is 0 Å². The zero-order valence-corrected chi connectivity index (χ0v) is 17.5. The molecule has 0 atom stereocenters. The van der Waals surface area contributed by atoms with Gasteiger partial charge in [0, 0.05) is 25.6 Å². The second-order valence-electron chi connectivity index (χ2n) is 8.16. The van der Waals surface area contributed by atoms with Gasteiger partial charge in [0.2, 0.25) is 5.91 Å². The number of rotatable bonds is 7. The van der Waals surface area contributed by atoms with Crippen molar-refractivity contribution in [1.29, 1.82) is 0 Å². The number of benzene rings is 1. The average Bonchev–Trinajstić information content (AvgIpc) is 2.70. The summed E-state index contributed by atoms with van der Waals surface area (Å²) in [5, 5.41) is 3.47. The van der Waals surface area contributed by atoms with Gasteiger partial charge in [-0.1, -0.05) is 18.5 Å². The lowest BCUT2D eigenvalue weighted by molar-refractivity contribution is -0.121. The highest BCUT2D eigenvalue weighted by Crippen LogP contribution is 2.29. The Kier molecular flexibility index (Phi) is 7.98. The molecule has 1 saturated heterocycles. The van der Waals surface area contributed by atoms with Crippen LogP contribution in [0.4, 0.5) is 4.39 Å². The molecule has 0 unspecified atom stereocenters. The van der Waals surface area contributed by atoms with E-state index >= 15 is 0 Å². The van der Waals surface area contributed by atoms with Gasteiger partial charge in [-0.05, 0) is 75.6 Å². The van der Waals surface area contributed by atoms with Crippen molar-refractivity contribution in [2.75, 3.05) is 19.6 Å². The number of ether oxygens (including phenoxy) is 1. The van der Waals surface area contributed by atoms with Crippen molar-refractivity contribution in [3.8, 4) is 5.75 Å². The first kappa shape index (κ1) is 21.4. The number of nitrogens with zero attached hydrogens (tertiary/aromatic N) is 1. The molecule has 2 fully saturated rings. The second kappa shape index (κ2) is 10.4. The van der Waals surface area contributed by atoms with E-state index < -0.39 is 0 Å². The molecular weight excluding hydrogens is 379 g/mol. The lowest BCUT2D eigenvalue weighted by atomic mass is 9.84. The zero-order chi connectivity index (χ0) is 19.9. The highest BCUT2D eigenvalue weighted by molar-refractivity contribution is 6.32. The van der Waals surface area contributed by atoms with Crippen LogP contribution in [0.5, 0.6) is 5.75 Å². The molecule has 1 amide bonds. The minimum atomic E-state index is -0.339. The normalized spacial score (nSPS) is 24.1. The molecule has 1 N–H and O–H groups in total. The van der Waals surface area contributed by atoms with Crippen LogP contribution >= 0.6 is 11.6 Å². The number of carbonyl (C=O) groups is 1. The molecule has 28 heavy (non-hydrogen) atoms. The Balaban J connectivity index is 1.32. The van der Waals surface area contributed by atoms with E-state index in [-0.39, 0.29) is 17.8 Å². The first-order valence-electron chi connectivity index (χ1n) is 10.7. The molecule has 0 bridgehead atoms. The van der Waals surface area contributed by atoms with Crippen molar-refractivity contribution in [1.82, 2.24) is 10.2 Å². The molecule has 1 saturated carbocycles. The fourth-order valence-electron chi connectivity index (χ4n) is 4.29. The van der Waals surface area contributed by atoms with Gasteiger partial charge in [0.1, 0.15) is 17.7 Å². The highest BCUT2D eigenvalue weighted by atomic mass is 35.5. The summed E-state index contributed by atoms with van der Waals surface area (Å²) < 4.78 is 19.1. The van der Waals surface area contributed by atoms with Crippen LogP contribution in [-0.4, -0.2) is 42.6 Å². The molecule has 1 aliphatic heterocycles. The van der Waals surface area contributed by atoms with Gasteiger partial charge in [-0.2, -0.15) is 0 Å². The Morgan fingerprint density at radius 3 is 2.57 bits per heavy atom. The van der Waals surface area contributed by atoms with Crippen LogP contribution in [0.2, 0.25) is 5.02 Å². The zero-order valence-electron chi connectivity index (χ0n) is 16.8. The van der Waals surface area contributed by atoms with Crippen LogP contribution in [0.1, 0.15) is 58.3 Å². The van der Waals surface area contributed by atoms with E-state index in [1.165, 1.54) is 31.4 Å². The summed E-state index contributed by atoms with van der Waals surface area (Å²) in [6.07, 6.45) is 8.59. The summed E-state index contributed by atoms with van der Waals surface area (Å²) >= 11 is 6.06. The molecule has 1 aromatic rings. The molecule has 1 aromatic carbocycles. The maximum Gasteiger partial charge on any atom is 0.219 e. The van der Waals surface area contributed by atoms with Crippen molar-refractivity contribution in [2.45, 2.75) is 70.4 Å². The fourth-order valence-corrected chi connectivity index (χ4v) is 4.50. The molecule has 0 spiro atoms. The van der Waals surface area contributed by atoms with Crippen LogP contribution in [-0.2, 0) is 4.79 Å². The van der Waals surface area contributed by atoms with Crippen LogP contribution in [0.3, 0.4) is 0 Å². The summed E-state index contributed by atoms with van der Waals surface area (Å²) in [4.78, 5) is 14.0. The van der Waals surface area contributed by atoms with Crippen LogP contribution < -0.4 is 10.1 Å². The van der Waals surface area contributed by atoms with Gasteiger partial charge >= 0.3 is 0 Å². The third-order valence-electron chi connectivity index (χ3n) is 6.11. The number of likely N-dealkylation sites (tertiary alicyclic amines) is 1. The number of halogens is 2. The van der Waals surface area contributed by atoms with E-state index in [2.05, 4.69) is 10.2 Å². The van der Waals surface area contributed by atoms with Gasteiger partial charge in [-0.15, -0.1) is 0 Å². The maximum absolute atomic E-state index is 13.1. The Labute approximate surface area is 172 Å². The SMILES string of the molecule is CCC(=O)NC1CCC(CCN2CCC(Oc3ccc(F)cc3Cl)CC2)CC1. The Morgan fingerprint density at radius 2 is 1.93 bits per heavy atom. The Hall–Kier alpha value is -1.33. The molecular formula is C22H32ClFN2O2. The smallest absolute Gasteiger partial charge is 0.219 e. The number of hydrogen-bond donors (Lipinski definition) is 1. The Morgan fingerprint density at radius 1 is 1.21 bits per heavy atom. The van der Waals surface area contributed by atoms with Gasteiger partial charge in [0.25, 0.3) is 0 Å². The minimum Gasteiger partial charge on any atom is -0.489 e. The maximum atomic E-state index is 13.1. The summed E-state index contributed by atoms with van der Waals surface area (Å²) in [6.45, 7) is 5.11. The van der Waals surface area contributed by atoms with Crippen molar-refractivity contribution >= 4 is 17.5 Å². The van der Waals surface area contributed by atoms with Crippen LogP contribution in [0, 0.1) is 11.7 Å². The topological polar surface area (TPSA) is 41.6 Å². The molecule has 0 radical (unpaired) electrons. The van der Waals surface area contributed by atoms with E-state index in [4.69, 9.17) is 16.3 Å². The van der Waals surface area contributed by atoms with Gasteiger partial charge < -0.3 is 15.0 Å². The first-order valence-corrected chi connectivity index (χ1v) is 11.0. The first-order chi connectivity index (χ1) is 13.5. The lowest BCUT2D eigenvalue weighted by Crippen LogP contribution is -2.40. The number of nitrogens with one attached hydrogen (secondary N) is 1.